The number of amidine groups is 1. The van der Waals surface area contributed by atoms with Gasteiger partial charge >= 0.3 is 0 Å². The minimum Gasteiger partial charge on any atom is -0.508 e. The van der Waals surface area contributed by atoms with Gasteiger partial charge in [0.25, 0.3) is 6.02 Å². The van der Waals surface area contributed by atoms with Gasteiger partial charge in [0.05, 0.1) is 6.54 Å². The van der Waals surface area contributed by atoms with E-state index in [4.69, 9.17) is 10.5 Å². The molecule has 4 heteroatoms. The summed E-state index contributed by atoms with van der Waals surface area (Å²) in [7, 11) is 0. The number of aliphatic imine (C=N–C) groups is 1. The van der Waals surface area contributed by atoms with Gasteiger partial charge in [-0.3, -0.25) is 0 Å². The molecule has 0 aliphatic carbocycles. The molecule has 2 rings (SSSR count). The van der Waals surface area contributed by atoms with Crippen LogP contribution in [0.15, 0.2) is 29.3 Å². The van der Waals surface area contributed by atoms with Gasteiger partial charge in [-0.15, -0.1) is 0 Å². The van der Waals surface area contributed by atoms with Gasteiger partial charge < -0.3 is 15.6 Å². The molecule has 0 radical (unpaired) electrons. The van der Waals surface area contributed by atoms with Crippen LogP contribution in [-0.2, 0) is 4.74 Å². The maximum atomic E-state index is 9.22. The molecular weight excluding hydrogens is 168 g/mol. The van der Waals surface area contributed by atoms with Crippen LogP contribution in [-0.4, -0.2) is 17.7 Å². The second-order valence-electron chi connectivity index (χ2n) is 2.88. The molecule has 1 unspecified atom stereocenters. The van der Waals surface area contributed by atoms with Crippen LogP contribution in [0.25, 0.3) is 0 Å². The van der Waals surface area contributed by atoms with Crippen LogP contribution in [0.5, 0.6) is 5.75 Å². The van der Waals surface area contributed by atoms with Gasteiger partial charge in [0.2, 0.25) is 0 Å². The summed E-state index contributed by atoms with van der Waals surface area (Å²) in [5.74, 6) is 0.228. The van der Waals surface area contributed by atoms with E-state index in [-0.39, 0.29) is 17.9 Å². The minimum absolute atomic E-state index is 0.146. The summed E-state index contributed by atoms with van der Waals surface area (Å²) >= 11 is 0. The highest BCUT2D eigenvalue weighted by atomic mass is 16.5. The van der Waals surface area contributed by atoms with Crippen molar-refractivity contribution in [1.29, 1.82) is 0 Å². The van der Waals surface area contributed by atoms with Crippen LogP contribution in [0.2, 0.25) is 0 Å². The molecule has 0 fully saturated rings. The summed E-state index contributed by atoms with van der Waals surface area (Å²) in [5.41, 5.74) is 6.26. The lowest BCUT2D eigenvalue weighted by atomic mass is 10.1. The summed E-state index contributed by atoms with van der Waals surface area (Å²) in [5, 5.41) is 9.22. The standard InChI is InChI=1S/C9H10N2O2/c10-9-11-5-8(13-9)6-2-1-3-7(12)4-6/h1-4,8,12H,5H2,(H2,10,11). The average molecular weight is 178 g/mol. The van der Waals surface area contributed by atoms with Crippen molar-refractivity contribution in [3.63, 3.8) is 0 Å². The number of phenolic OH excluding ortho intramolecular Hbond substituents is 1. The largest absolute Gasteiger partial charge is 0.508 e. The van der Waals surface area contributed by atoms with Crippen LogP contribution >= 0.6 is 0 Å². The quantitative estimate of drug-likeness (QED) is 0.667. The van der Waals surface area contributed by atoms with Crippen molar-refractivity contribution >= 4 is 6.02 Å². The number of hydrogen-bond donors (Lipinski definition) is 2. The molecule has 0 saturated heterocycles. The first kappa shape index (κ1) is 7.91. The van der Waals surface area contributed by atoms with Crippen molar-refractivity contribution in [3.05, 3.63) is 29.8 Å². The van der Waals surface area contributed by atoms with E-state index in [0.717, 1.165) is 5.56 Å². The fourth-order valence-electron chi connectivity index (χ4n) is 1.29. The fourth-order valence-corrected chi connectivity index (χ4v) is 1.29. The molecule has 0 amide bonds. The van der Waals surface area contributed by atoms with Gasteiger partial charge in [-0.1, -0.05) is 12.1 Å². The van der Waals surface area contributed by atoms with Crippen molar-refractivity contribution in [2.45, 2.75) is 6.10 Å². The third-order valence-corrected chi connectivity index (χ3v) is 1.92. The Morgan fingerprint density at radius 3 is 3.00 bits per heavy atom. The molecule has 0 bridgehead atoms. The van der Waals surface area contributed by atoms with E-state index in [9.17, 15) is 5.11 Å². The number of nitrogens with zero attached hydrogens (tertiary/aromatic N) is 1. The van der Waals surface area contributed by atoms with Crippen LogP contribution in [0.1, 0.15) is 11.7 Å². The van der Waals surface area contributed by atoms with Crippen molar-refractivity contribution in [1.82, 2.24) is 0 Å². The van der Waals surface area contributed by atoms with Crippen molar-refractivity contribution in [3.8, 4) is 5.75 Å². The number of nitrogens with two attached hydrogens (primary N) is 1. The van der Waals surface area contributed by atoms with Crippen LogP contribution < -0.4 is 5.73 Å². The van der Waals surface area contributed by atoms with E-state index in [0.29, 0.717) is 6.54 Å². The molecule has 1 aliphatic heterocycles. The van der Waals surface area contributed by atoms with Crippen molar-refractivity contribution in [2.75, 3.05) is 6.54 Å². The molecule has 1 aromatic carbocycles. The Morgan fingerprint density at radius 2 is 2.38 bits per heavy atom. The molecule has 1 aromatic rings. The highest BCUT2D eigenvalue weighted by molar-refractivity contribution is 5.73. The predicted octanol–water partition coefficient (Wildman–Crippen LogP) is 0.778. The second-order valence-corrected chi connectivity index (χ2v) is 2.88. The fraction of sp³-hybridized carbons (Fsp3) is 0.222. The van der Waals surface area contributed by atoms with Gasteiger partial charge in [0, 0.05) is 0 Å². The predicted molar refractivity (Wildman–Crippen MR) is 48.4 cm³/mol. The summed E-state index contributed by atoms with van der Waals surface area (Å²) in [6, 6.07) is 7.12. The van der Waals surface area contributed by atoms with Crippen LogP contribution in [0.4, 0.5) is 0 Å². The summed E-state index contributed by atoms with van der Waals surface area (Å²) in [4.78, 5) is 3.91. The van der Waals surface area contributed by atoms with E-state index < -0.39 is 0 Å². The molecule has 68 valence electrons. The maximum absolute atomic E-state index is 9.22. The van der Waals surface area contributed by atoms with E-state index in [1.54, 1.807) is 18.2 Å². The Labute approximate surface area is 75.7 Å². The van der Waals surface area contributed by atoms with Crippen LogP contribution in [0.3, 0.4) is 0 Å². The summed E-state index contributed by atoms with van der Waals surface area (Å²) in [6.45, 7) is 0.523. The lowest BCUT2D eigenvalue weighted by Crippen LogP contribution is -2.12. The van der Waals surface area contributed by atoms with E-state index in [1.165, 1.54) is 0 Å². The lowest BCUT2D eigenvalue weighted by molar-refractivity contribution is 0.226. The van der Waals surface area contributed by atoms with Crippen molar-refractivity contribution in [2.24, 2.45) is 10.7 Å². The smallest absolute Gasteiger partial charge is 0.282 e. The van der Waals surface area contributed by atoms with E-state index >= 15 is 0 Å². The highest BCUT2D eigenvalue weighted by Gasteiger charge is 2.19. The zero-order valence-corrected chi connectivity index (χ0v) is 6.97. The molecular formula is C9H10N2O2. The number of aromatic hydroxyl groups is 1. The van der Waals surface area contributed by atoms with Gasteiger partial charge in [-0.2, -0.15) is 0 Å². The number of rotatable bonds is 1. The Morgan fingerprint density at radius 1 is 1.54 bits per heavy atom. The Hall–Kier alpha value is -1.71. The SMILES string of the molecule is NC1=NCC(c2cccc(O)c2)O1. The third kappa shape index (κ3) is 1.56. The number of phenols is 1. The number of ether oxygens (including phenoxy) is 1. The number of hydrogen-bond acceptors (Lipinski definition) is 4. The Bertz CT molecular complexity index is 349. The molecule has 0 aromatic heterocycles. The van der Waals surface area contributed by atoms with Crippen LogP contribution in [0, 0.1) is 0 Å². The maximum Gasteiger partial charge on any atom is 0.282 e. The summed E-state index contributed by atoms with van der Waals surface area (Å²) in [6.07, 6.45) is -0.146. The second kappa shape index (κ2) is 2.97. The molecule has 3 N–H and O–H groups in total. The topological polar surface area (TPSA) is 67.8 Å². The molecule has 0 spiro atoms. The van der Waals surface area contributed by atoms with Crippen molar-refractivity contribution < 1.29 is 9.84 Å². The van der Waals surface area contributed by atoms with Gasteiger partial charge in [0.15, 0.2) is 0 Å². The first-order chi connectivity index (χ1) is 6.25. The highest BCUT2D eigenvalue weighted by Crippen LogP contribution is 2.24. The minimum atomic E-state index is -0.146. The molecule has 4 nitrogen and oxygen atoms in total. The molecule has 13 heavy (non-hydrogen) atoms. The van der Waals surface area contributed by atoms with Gasteiger partial charge in [-0.05, 0) is 17.7 Å². The molecule has 0 saturated carbocycles. The average Bonchev–Trinajstić information content (AvgIpc) is 2.52. The Balaban J connectivity index is 2.18. The van der Waals surface area contributed by atoms with Gasteiger partial charge in [-0.25, -0.2) is 4.99 Å². The first-order valence-corrected chi connectivity index (χ1v) is 4.01. The zero-order chi connectivity index (χ0) is 9.26. The Kier molecular flexibility index (Phi) is 1.81. The van der Waals surface area contributed by atoms with Gasteiger partial charge in [0.1, 0.15) is 11.9 Å². The molecule has 1 heterocycles. The summed E-state index contributed by atoms with van der Waals surface area (Å²) < 4.78 is 5.22. The molecule has 1 aliphatic rings. The van der Waals surface area contributed by atoms with E-state index in [1.807, 2.05) is 6.07 Å². The number of benzene rings is 1. The third-order valence-electron chi connectivity index (χ3n) is 1.92. The normalized spacial score (nSPS) is 20.9. The zero-order valence-electron chi connectivity index (χ0n) is 6.97. The first-order valence-electron chi connectivity index (χ1n) is 4.01. The van der Waals surface area contributed by atoms with E-state index in [2.05, 4.69) is 4.99 Å². The lowest BCUT2D eigenvalue weighted by Gasteiger charge is -2.09. The molecule has 1 atom stereocenters. The monoisotopic (exact) mass is 178 g/mol.